The van der Waals surface area contributed by atoms with Crippen molar-refractivity contribution in [3.05, 3.63) is 48.0 Å². The molecule has 0 fully saturated rings. The largest absolute Gasteiger partial charge is 0.307 e. The monoisotopic (exact) mass is 186 g/mol. The first-order chi connectivity index (χ1) is 6.76. The smallest absolute Gasteiger partial charge is 0.0991 e. The maximum Gasteiger partial charge on any atom is 0.0991 e. The van der Waals surface area contributed by atoms with Crippen LogP contribution in [0.1, 0.15) is 18.1 Å². The molecule has 1 N–H and O–H groups in total. The zero-order valence-corrected chi connectivity index (χ0v) is 8.33. The molecule has 0 heterocycles. The van der Waals surface area contributed by atoms with Crippen molar-refractivity contribution in [3.8, 4) is 6.07 Å². The van der Waals surface area contributed by atoms with Gasteiger partial charge in [-0.1, -0.05) is 18.2 Å². The topological polar surface area (TPSA) is 35.8 Å². The van der Waals surface area contributed by atoms with Gasteiger partial charge in [-0.2, -0.15) is 5.26 Å². The molecule has 2 nitrogen and oxygen atoms in total. The summed E-state index contributed by atoms with van der Waals surface area (Å²) in [5.74, 6) is 0. The number of hydrogen-bond acceptors (Lipinski definition) is 2. The molecule has 14 heavy (non-hydrogen) atoms. The summed E-state index contributed by atoms with van der Waals surface area (Å²) >= 11 is 0. The number of hydrogen-bond donors (Lipinski definition) is 1. The van der Waals surface area contributed by atoms with Gasteiger partial charge in [0.2, 0.25) is 0 Å². The van der Waals surface area contributed by atoms with Gasteiger partial charge in [-0.3, -0.25) is 0 Å². The van der Waals surface area contributed by atoms with E-state index in [9.17, 15) is 0 Å². The third-order valence-electron chi connectivity index (χ3n) is 2.06. The second-order valence-corrected chi connectivity index (χ2v) is 3.21. The zero-order valence-electron chi connectivity index (χ0n) is 8.33. The Balaban J connectivity index is 2.52. The van der Waals surface area contributed by atoms with E-state index in [2.05, 4.69) is 24.9 Å². The van der Waals surface area contributed by atoms with E-state index in [0.29, 0.717) is 11.6 Å². The Hall–Kier alpha value is -1.59. The molecule has 0 aromatic heterocycles. The molecular weight excluding hydrogens is 172 g/mol. The molecule has 1 aromatic carbocycles. The van der Waals surface area contributed by atoms with Crippen LogP contribution in [0.25, 0.3) is 0 Å². The molecule has 0 bridgehead atoms. The van der Waals surface area contributed by atoms with E-state index in [4.69, 9.17) is 5.26 Å². The zero-order chi connectivity index (χ0) is 10.4. The van der Waals surface area contributed by atoms with Crippen LogP contribution in [0.4, 0.5) is 0 Å². The van der Waals surface area contributed by atoms with Crippen LogP contribution in [0.2, 0.25) is 0 Å². The lowest BCUT2D eigenvalue weighted by molar-refractivity contribution is 0.634. The van der Waals surface area contributed by atoms with Crippen molar-refractivity contribution in [3.63, 3.8) is 0 Å². The standard InChI is InChI=1S/C12H14N2/c1-3-10(2)14-9-12-6-4-11(8-13)5-7-12/h3-7,10,14H,1,9H2,2H3. The van der Waals surface area contributed by atoms with E-state index in [-0.39, 0.29) is 0 Å². The summed E-state index contributed by atoms with van der Waals surface area (Å²) in [5, 5.41) is 11.9. The van der Waals surface area contributed by atoms with Crippen LogP contribution >= 0.6 is 0 Å². The first-order valence-electron chi connectivity index (χ1n) is 4.61. The van der Waals surface area contributed by atoms with Gasteiger partial charge in [-0.05, 0) is 24.6 Å². The van der Waals surface area contributed by atoms with Crippen LogP contribution in [0.5, 0.6) is 0 Å². The molecule has 2 heteroatoms. The minimum atomic E-state index is 0.311. The van der Waals surface area contributed by atoms with Crippen molar-refractivity contribution in [2.75, 3.05) is 0 Å². The summed E-state index contributed by atoms with van der Waals surface area (Å²) in [6, 6.07) is 9.98. The molecular formula is C12H14N2. The van der Waals surface area contributed by atoms with Gasteiger partial charge in [-0.25, -0.2) is 0 Å². The highest BCUT2D eigenvalue weighted by atomic mass is 14.9. The van der Waals surface area contributed by atoms with Gasteiger partial charge in [0.1, 0.15) is 0 Å². The average molecular weight is 186 g/mol. The first-order valence-corrected chi connectivity index (χ1v) is 4.61. The summed E-state index contributed by atoms with van der Waals surface area (Å²) in [7, 11) is 0. The minimum Gasteiger partial charge on any atom is -0.307 e. The van der Waals surface area contributed by atoms with Crippen LogP contribution in [0, 0.1) is 11.3 Å². The highest BCUT2D eigenvalue weighted by molar-refractivity contribution is 5.31. The Morgan fingerprint density at radius 2 is 2.14 bits per heavy atom. The Labute approximate surface area is 84.9 Å². The van der Waals surface area contributed by atoms with Crippen molar-refractivity contribution in [2.45, 2.75) is 19.5 Å². The van der Waals surface area contributed by atoms with Crippen LogP contribution in [0.3, 0.4) is 0 Å². The van der Waals surface area contributed by atoms with E-state index < -0.39 is 0 Å². The summed E-state index contributed by atoms with van der Waals surface area (Å²) in [5.41, 5.74) is 1.88. The number of nitrogens with zero attached hydrogens (tertiary/aromatic N) is 1. The lowest BCUT2D eigenvalue weighted by atomic mass is 10.1. The number of nitriles is 1. The van der Waals surface area contributed by atoms with Crippen LogP contribution in [-0.2, 0) is 6.54 Å². The van der Waals surface area contributed by atoms with Crippen LogP contribution < -0.4 is 5.32 Å². The normalized spacial score (nSPS) is 11.7. The molecule has 0 aliphatic carbocycles. The predicted molar refractivity (Wildman–Crippen MR) is 57.7 cm³/mol. The fourth-order valence-electron chi connectivity index (χ4n) is 1.06. The number of nitrogens with one attached hydrogen (secondary N) is 1. The predicted octanol–water partition coefficient (Wildman–Crippen LogP) is 2.22. The maximum atomic E-state index is 8.61. The summed E-state index contributed by atoms with van der Waals surface area (Å²) < 4.78 is 0. The van der Waals surface area contributed by atoms with E-state index in [1.54, 1.807) is 0 Å². The highest BCUT2D eigenvalue weighted by Gasteiger charge is 1.96. The fraction of sp³-hybridized carbons (Fsp3) is 0.250. The molecule has 0 spiro atoms. The molecule has 0 aliphatic heterocycles. The average Bonchev–Trinajstić information content (AvgIpc) is 2.26. The maximum absolute atomic E-state index is 8.61. The van der Waals surface area contributed by atoms with Crippen molar-refractivity contribution in [1.82, 2.24) is 5.32 Å². The van der Waals surface area contributed by atoms with Crippen LogP contribution in [-0.4, -0.2) is 6.04 Å². The van der Waals surface area contributed by atoms with Gasteiger partial charge in [0, 0.05) is 12.6 Å². The van der Waals surface area contributed by atoms with E-state index >= 15 is 0 Å². The van der Waals surface area contributed by atoms with Crippen molar-refractivity contribution in [2.24, 2.45) is 0 Å². The molecule has 1 atom stereocenters. The molecule has 1 aromatic rings. The van der Waals surface area contributed by atoms with E-state index in [1.165, 1.54) is 5.56 Å². The van der Waals surface area contributed by atoms with Gasteiger partial charge in [0.05, 0.1) is 11.6 Å². The lowest BCUT2D eigenvalue weighted by Gasteiger charge is -2.08. The first kappa shape index (κ1) is 10.5. The van der Waals surface area contributed by atoms with Gasteiger partial charge in [0.25, 0.3) is 0 Å². The van der Waals surface area contributed by atoms with Crippen molar-refractivity contribution >= 4 is 0 Å². The van der Waals surface area contributed by atoms with Gasteiger partial charge >= 0.3 is 0 Å². The Kier molecular flexibility index (Phi) is 3.90. The molecule has 0 aliphatic rings. The highest BCUT2D eigenvalue weighted by Crippen LogP contribution is 2.03. The SMILES string of the molecule is C=CC(C)NCc1ccc(C#N)cc1. The third-order valence-corrected chi connectivity index (χ3v) is 2.06. The Morgan fingerprint density at radius 1 is 1.50 bits per heavy atom. The molecule has 1 unspecified atom stereocenters. The summed E-state index contributed by atoms with van der Waals surface area (Å²) in [6.45, 7) is 6.55. The van der Waals surface area contributed by atoms with Gasteiger partial charge in [0.15, 0.2) is 0 Å². The molecule has 0 saturated heterocycles. The second kappa shape index (κ2) is 5.21. The Bertz CT molecular complexity index is 332. The van der Waals surface area contributed by atoms with Crippen molar-refractivity contribution in [1.29, 1.82) is 5.26 Å². The van der Waals surface area contributed by atoms with Gasteiger partial charge < -0.3 is 5.32 Å². The molecule has 1 rings (SSSR count). The van der Waals surface area contributed by atoms with Gasteiger partial charge in [-0.15, -0.1) is 6.58 Å². The lowest BCUT2D eigenvalue weighted by Crippen LogP contribution is -2.22. The van der Waals surface area contributed by atoms with E-state index in [0.717, 1.165) is 6.54 Å². The Morgan fingerprint density at radius 3 is 2.64 bits per heavy atom. The molecule has 0 radical (unpaired) electrons. The number of benzene rings is 1. The fourth-order valence-corrected chi connectivity index (χ4v) is 1.06. The van der Waals surface area contributed by atoms with E-state index in [1.807, 2.05) is 30.3 Å². The second-order valence-electron chi connectivity index (χ2n) is 3.21. The number of rotatable bonds is 4. The van der Waals surface area contributed by atoms with Crippen LogP contribution in [0.15, 0.2) is 36.9 Å². The quantitative estimate of drug-likeness (QED) is 0.732. The minimum absolute atomic E-state index is 0.311. The summed E-state index contributed by atoms with van der Waals surface area (Å²) in [4.78, 5) is 0. The molecule has 72 valence electrons. The third kappa shape index (κ3) is 3.04. The summed E-state index contributed by atoms with van der Waals surface area (Å²) in [6.07, 6.45) is 1.86. The molecule has 0 amide bonds. The molecule has 0 saturated carbocycles. The van der Waals surface area contributed by atoms with Crippen molar-refractivity contribution < 1.29 is 0 Å².